The highest BCUT2D eigenvalue weighted by Crippen LogP contribution is 2.41. The lowest BCUT2D eigenvalue weighted by molar-refractivity contribution is -0.168. The van der Waals surface area contributed by atoms with Crippen LogP contribution in [-0.4, -0.2) is 51.7 Å². The quantitative estimate of drug-likeness (QED) is 0.283. The molecule has 1 N–H and O–H groups in total. The maximum atomic E-state index is 12.9. The van der Waals surface area contributed by atoms with Crippen LogP contribution in [-0.2, 0) is 23.5 Å². The minimum atomic E-state index is -1.97. The zero-order chi connectivity index (χ0) is 21.8. The van der Waals surface area contributed by atoms with Crippen molar-refractivity contribution in [1.82, 2.24) is 5.32 Å². The summed E-state index contributed by atoms with van der Waals surface area (Å²) in [6.07, 6.45) is 3.91. The van der Waals surface area contributed by atoms with E-state index in [4.69, 9.17) is 13.9 Å². The van der Waals surface area contributed by atoms with Crippen molar-refractivity contribution in [3.05, 3.63) is 12.2 Å². The molecule has 0 aromatic rings. The Kier molecular flexibility index (Phi) is 8.47. The zero-order valence-electron chi connectivity index (χ0n) is 19.0. The number of rotatable bonds is 8. The first-order valence-corrected chi connectivity index (χ1v) is 13.2. The molecule has 1 rings (SSSR count). The monoisotopic (exact) mass is 413 g/mol. The lowest BCUT2D eigenvalue weighted by atomic mass is 9.80. The number of allylic oxidation sites excluding steroid dienone is 1. The second-order valence-corrected chi connectivity index (χ2v) is 13.8. The number of hydrogen-bond acceptors (Lipinski definition) is 6. The molecule has 0 radical (unpaired) electrons. The fourth-order valence-electron chi connectivity index (χ4n) is 3.36. The Labute approximate surface area is 171 Å². The van der Waals surface area contributed by atoms with Gasteiger partial charge in [0.1, 0.15) is 0 Å². The van der Waals surface area contributed by atoms with Crippen molar-refractivity contribution in [3.8, 4) is 0 Å². The molecule has 1 fully saturated rings. The number of nitrogens with one attached hydrogen (secondary N) is 1. The summed E-state index contributed by atoms with van der Waals surface area (Å²) in [6.45, 7) is 19.2. The molecular weight excluding hydrogens is 374 g/mol. The molecule has 0 aromatic heterocycles. The van der Waals surface area contributed by atoms with Crippen LogP contribution in [0.5, 0.6) is 0 Å². The molecule has 6 nitrogen and oxygen atoms in total. The molecule has 0 aliphatic carbocycles. The average molecular weight is 414 g/mol. The van der Waals surface area contributed by atoms with Gasteiger partial charge in [0.15, 0.2) is 8.32 Å². The van der Waals surface area contributed by atoms with Crippen LogP contribution in [0.4, 0.5) is 0 Å². The van der Waals surface area contributed by atoms with E-state index in [1.54, 1.807) is 13.8 Å². The lowest BCUT2D eigenvalue weighted by Crippen LogP contribution is -2.60. The molecule has 3 atom stereocenters. The van der Waals surface area contributed by atoms with Gasteiger partial charge in [-0.3, -0.25) is 5.32 Å². The SMILES string of the molecule is C/C=C/[C@H]1NC(C(=O)OCC)(C(=O)OCC)[C@H](C)[C@H]1CO[Si](C)(C)C(C)(C)C. The van der Waals surface area contributed by atoms with E-state index in [9.17, 15) is 9.59 Å². The highest BCUT2D eigenvalue weighted by molar-refractivity contribution is 6.74. The van der Waals surface area contributed by atoms with Crippen LogP contribution in [0, 0.1) is 11.8 Å². The first kappa shape index (κ1) is 24.9. The molecule has 1 saturated heterocycles. The Morgan fingerprint density at radius 1 is 1.11 bits per heavy atom. The van der Waals surface area contributed by atoms with Crippen LogP contribution in [0.1, 0.15) is 48.5 Å². The Balaban J connectivity index is 3.26. The zero-order valence-corrected chi connectivity index (χ0v) is 20.0. The van der Waals surface area contributed by atoms with E-state index in [2.05, 4.69) is 39.2 Å². The van der Waals surface area contributed by atoms with Crippen LogP contribution in [0.15, 0.2) is 12.2 Å². The van der Waals surface area contributed by atoms with E-state index in [0.29, 0.717) is 6.61 Å². The second-order valence-electron chi connectivity index (χ2n) is 8.97. The van der Waals surface area contributed by atoms with Crippen molar-refractivity contribution >= 4 is 20.3 Å². The van der Waals surface area contributed by atoms with E-state index in [1.807, 2.05) is 26.0 Å². The van der Waals surface area contributed by atoms with Gasteiger partial charge in [0.25, 0.3) is 0 Å². The topological polar surface area (TPSA) is 73.9 Å². The van der Waals surface area contributed by atoms with E-state index >= 15 is 0 Å². The number of esters is 2. The van der Waals surface area contributed by atoms with Gasteiger partial charge in [0.05, 0.1) is 13.2 Å². The highest BCUT2D eigenvalue weighted by Gasteiger charge is 2.62. The molecule has 1 heterocycles. The summed E-state index contributed by atoms with van der Waals surface area (Å²) in [7, 11) is -1.97. The molecule has 0 bridgehead atoms. The molecule has 28 heavy (non-hydrogen) atoms. The molecule has 0 aromatic carbocycles. The van der Waals surface area contributed by atoms with Crippen LogP contribution < -0.4 is 5.32 Å². The standard InChI is InChI=1S/C21H39NO5Si/c1-10-13-17-16(14-27-28(8,9)20(5,6)7)15(4)21(22-17,18(23)25-11-2)19(24)26-12-3/h10,13,15-17,22H,11-12,14H2,1-9H3/b13-10+/t15-,16-,17-/m1/s1. The largest absolute Gasteiger partial charge is 0.464 e. The number of carbonyl (C=O) groups is 2. The van der Waals surface area contributed by atoms with Gasteiger partial charge in [-0.1, -0.05) is 39.8 Å². The lowest BCUT2D eigenvalue weighted by Gasteiger charge is -2.38. The van der Waals surface area contributed by atoms with Crippen LogP contribution >= 0.6 is 0 Å². The number of hydrogen-bond donors (Lipinski definition) is 1. The van der Waals surface area contributed by atoms with Gasteiger partial charge in [-0.25, -0.2) is 9.59 Å². The summed E-state index contributed by atoms with van der Waals surface area (Å²) in [4.78, 5) is 25.8. The summed E-state index contributed by atoms with van der Waals surface area (Å²) in [5.41, 5.74) is -1.52. The van der Waals surface area contributed by atoms with Gasteiger partial charge in [-0.15, -0.1) is 0 Å². The number of carbonyl (C=O) groups excluding carboxylic acids is 2. The van der Waals surface area contributed by atoms with Crippen LogP contribution in [0.3, 0.4) is 0 Å². The molecule has 0 amide bonds. The third-order valence-corrected chi connectivity index (χ3v) is 10.7. The van der Waals surface area contributed by atoms with Gasteiger partial charge in [-0.05, 0) is 38.9 Å². The van der Waals surface area contributed by atoms with Gasteiger partial charge in [-0.2, -0.15) is 0 Å². The van der Waals surface area contributed by atoms with E-state index in [-0.39, 0.29) is 36.1 Å². The van der Waals surface area contributed by atoms with Gasteiger partial charge < -0.3 is 13.9 Å². The summed E-state index contributed by atoms with van der Waals surface area (Å²) in [5.74, 6) is -1.55. The third kappa shape index (κ3) is 4.86. The molecule has 0 saturated carbocycles. The molecule has 1 aliphatic rings. The van der Waals surface area contributed by atoms with E-state index in [0.717, 1.165) is 0 Å². The van der Waals surface area contributed by atoms with Crippen LogP contribution in [0.2, 0.25) is 18.1 Å². The maximum absolute atomic E-state index is 12.9. The van der Waals surface area contributed by atoms with Crippen molar-refractivity contribution in [2.45, 2.75) is 78.2 Å². The van der Waals surface area contributed by atoms with Crippen molar-refractivity contribution in [1.29, 1.82) is 0 Å². The molecule has 0 spiro atoms. The predicted molar refractivity (Wildman–Crippen MR) is 114 cm³/mol. The van der Waals surface area contributed by atoms with Crippen molar-refractivity contribution in [3.63, 3.8) is 0 Å². The summed E-state index contributed by atoms with van der Waals surface area (Å²) in [5, 5.41) is 3.33. The van der Waals surface area contributed by atoms with Crippen molar-refractivity contribution in [2.24, 2.45) is 11.8 Å². The van der Waals surface area contributed by atoms with Crippen molar-refractivity contribution in [2.75, 3.05) is 19.8 Å². The fourth-order valence-corrected chi connectivity index (χ4v) is 4.41. The van der Waals surface area contributed by atoms with E-state index < -0.39 is 25.8 Å². The smallest absolute Gasteiger partial charge is 0.338 e. The van der Waals surface area contributed by atoms with Gasteiger partial charge in [0.2, 0.25) is 5.54 Å². The third-order valence-electron chi connectivity index (χ3n) is 6.22. The fraction of sp³-hybridized carbons (Fsp3) is 0.810. The van der Waals surface area contributed by atoms with E-state index in [1.165, 1.54) is 0 Å². The number of ether oxygens (including phenoxy) is 2. The normalized spacial score (nSPS) is 25.1. The molecule has 1 aliphatic heterocycles. The minimum Gasteiger partial charge on any atom is -0.464 e. The summed E-state index contributed by atoms with van der Waals surface area (Å²) in [6, 6.07) is -0.182. The van der Waals surface area contributed by atoms with Gasteiger partial charge >= 0.3 is 11.9 Å². The Morgan fingerprint density at radius 3 is 2.00 bits per heavy atom. The maximum Gasteiger partial charge on any atom is 0.338 e. The first-order chi connectivity index (χ1) is 12.9. The molecule has 162 valence electrons. The molecule has 7 heteroatoms. The van der Waals surface area contributed by atoms with Crippen LogP contribution in [0.25, 0.3) is 0 Å². The average Bonchev–Trinajstić information content (AvgIpc) is 2.86. The minimum absolute atomic E-state index is 0.0564. The second kappa shape index (κ2) is 9.54. The van der Waals surface area contributed by atoms with Crippen molar-refractivity contribution < 1.29 is 23.5 Å². The first-order valence-electron chi connectivity index (χ1n) is 10.3. The molecular formula is C21H39NO5Si. The Bertz CT molecular complexity index is 564. The Morgan fingerprint density at radius 2 is 1.61 bits per heavy atom. The van der Waals surface area contributed by atoms with Gasteiger partial charge in [0, 0.05) is 24.5 Å². The summed E-state index contributed by atoms with van der Waals surface area (Å²) >= 11 is 0. The predicted octanol–water partition coefficient (Wildman–Crippen LogP) is 3.67. The highest BCUT2D eigenvalue weighted by atomic mass is 28.4. The summed E-state index contributed by atoms with van der Waals surface area (Å²) < 4.78 is 17.0. The molecule has 0 unspecified atom stereocenters. The Hall–Kier alpha value is -1.18.